The second kappa shape index (κ2) is 7.30. The number of nitrogens with one attached hydrogen (secondary N) is 2. The smallest absolute Gasteiger partial charge is 0.274 e. The number of aromatic nitrogens is 3. The number of amides is 2. The molecule has 1 aromatic carbocycles. The summed E-state index contributed by atoms with van der Waals surface area (Å²) in [4.78, 5) is 34.4. The fourth-order valence-electron chi connectivity index (χ4n) is 2.23. The summed E-state index contributed by atoms with van der Waals surface area (Å²) in [5.41, 5.74) is 0.360. The van der Waals surface area contributed by atoms with E-state index in [0.717, 1.165) is 0 Å². The minimum absolute atomic E-state index is 0.0417. The van der Waals surface area contributed by atoms with Crippen molar-refractivity contribution in [3.8, 4) is 5.69 Å². The van der Waals surface area contributed by atoms with Crippen LogP contribution in [0.4, 0.5) is 5.69 Å². The van der Waals surface area contributed by atoms with Crippen molar-refractivity contribution in [2.75, 3.05) is 6.54 Å². The number of carbonyl (C=O) groups is 2. The predicted octanol–water partition coefficient (Wildman–Crippen LogP) is 1.13. The standard InChI is InChI=1S/C16H20N6O4/c1-10-14(15(24)17-9-13(23)18-16(2,3)4)19-20-21(10)11-6-5-7-12(8-11)22(25)26/h5-8H,9H2,1-4H3,(H,17,24)(H,18,23). The zero-order valence-corrected chi connectivity index (χ0v) is 14.9. The minimum Gasteiger partial charge on any atom is -0.350 e. The number of nitro groups is 1. The number of rotatable bonds is 5. The summed E-state index contributed by atoms with van der Waals surface area (Å²) in [5, 5.41) is 23.8. The lowest BCUT2D eigenvalue weighted by Crippen LogP contribution is -2.45. The molecule has 26 heavy (non-hydrogen) atoms. The third kappa shape index (κ3) is 4.62. The monoisotopic (exact) mass is 360 g/mol. The Kier molecular flexibility index (Phi) is 5.34. The molecule has 0 bridgehead atoms. The van der Waals surface area contributed by atoms with Gasteiger partial charge in [-0.05, 0) is 33.8 Å². The normalized spacial score (nSPS) is 11.1. The number of hydrogen-bond acceptors (Lipinski definition) is 6. The summed E-state index contributed by atoms with van der Waals surface area (Å²) in [5.74, 6) is -0.877. The SMILES string of the molecule is Cc1c(C(=O)NCC(=O)NC(C)(C)C)nnn1-c1cccc([N+](=O)[O-])c1. The Labute approximate surface area is 149 Å². The average molecular weight is 360 g/mol. The van der Waals surface area contributed by atoms with Crippen molar-refractivity contribution in [2.45, 2.75) is 33.2 Å². The Bertz CT molecular complexity index is 853. The molecule has 1 aromatic heterocycles. The maximum absolute atomic E-state index is 12.2. The highest BCUT2D eigenvalue weighted by Gasteiger charge is 2.20. The van der Waals surface area contributed by atoms with E-state index in [1.807, 2.05) is 20.8 Å². The molecule has 10 heteroatoms. The summed E-state index contributed by atoms with van der Waals surface area (Å²) in [6, 6.07) is 5.83. The summed E-state index contributed by atoms with van der Waals surface area (Å²) in [6.45, 7) is 6.92. The van der Waals surface area contributed by atoms with Crippen LogP contribution in [0.2, 0.25) is 0 Å². The van der Waals surface area contributed by atoms with Crippen molar-refractivity contribution >= 4 is 17.5 Å². The van der Waals surface area contributed by atoms with Crippen LogP contribution >= 0.6 is 0 Å². The summed E-state index contributed by atoms with van der Waals surface area (Å²) in [6.07, 6.45) is 0. The first-order valence-corrected chi connectivity index (χ1v) is 7.85. The Balaban J connectivity index is 2.13. The molecule has 0 atom stereocenters. The molecular weight excluding hydrogens is 340 g/mol. The fraction of sp³-hybridized carbons (Fsp3) is 0.375. The van der Waals surface area contributed by atoms with Crippen molar-refractivity contribution in [3.63, 3.8) is 0 Å². The number of hydrogen-bond donors (Lipinski definition) is 2. The van der Waals surface area contributed by atoms with Gasteiger partial charge in [-0.2, -0.15) is 0 Å². The number of nitro benzene ring substituents is 1. The van der Waals surface area contributed by atoms with E-state index in [1.54, 1.807) is 13.0 Å². The van der Waals surface area contributed by atoms with Crippen LogP contribution in [0, 0.1) is 17.0 Å². The van der Waals surface area contributed by atoms with Gasteiger partial charge >= 0.3 is 0 Å². The van der Waals surface area contributed by atoms with E-state index in [9.17, 15) is 19.7 Å². The third-order valence-electron chi connectivity index (χ3n) is 3.32. The summed E-state index contributed by atoms with van der Waals surface area (Å²) < 4.78 is 1.33. The molecule has 0 saturated carbocycles. The van der Waals surface area contributed by atoms with Crippen LogP contribution < -0.4 is 10.6 Å². The molecule has 2 N–H and O–H groups in total. The van der Waals surface area contributed by atoms with Gasteiger partial charge < -0.3 is 10.6 Å². The lowest BCUT2D eigenvalue weighted by atomic mass is 10.1. The van der Waals surface area contributed by atoms with Gasteiger partial charge in [0.2, 0.25) is 5.91 Å². The van der Waals surface area contributed by atoms with E-state index in [0.29, 0.717) is 11.4 Å². The number of non-ortho nitro benzene ring substituents is 1. The topological polar surface area (TPSA) is 132 Å². The molecule has 0 fully saturated rings. The zero-order chi connectivity index (χ0) is 19.5. The van der Waals surface area contributed by atoms with E-state index in [4.69, 9.17) is 0 Å². The summed E-state index contributed by atoms with van der Waals surface area (Å²) in [7, 11) is 0. The van der Waals surface area contributed by atoms with Crippen LogP contribution in [0.15, 0.2) is 24.3 Å². The number of nitrogens with zero attached hydrogens (tertiary/aromatic N) is 4. The maximum atomic E-state index is 12.2. The van der Waals surface area contributed by atoms with Crippen molar-refractivity contribution < 1.29 is 14.5 Å². The molecule has 0 radical (unpaired) electrons. The Hall–Kier alpha value is -3.30. The maximum Gasteiger partial charge on any atom is 0.274 e. The minimum atomic E-state index is -0.553. The van der Waals surface area contributed by atoms with Crippen LogP contribution in [0.25, 0.3) is 5.69 Å². The van der Waals surface area contributed by atoms with Crippen molar-refractivity contribution in [3.05, 3.63) is 45.8 Å². The Morgan fingerprint density at radius 3 is 2.62 bits per heavy atom. The highest BCUT2D eigenvalue weighted by Crippen LogP contribution is 2.18. The zero-order valence-electron chi connectivity index (χ0n) is 14.9. The van der Waals surface area contributed by atoms with Gasteiger partial charge in [0.15, 0.2) is 5.69 Å². The van der Waals surface area contributed by atoms with Gasteiger partial charge in [-0.25, -0.2) is 4.68 Å². The first kappa shape index (κ1) is 19.0. The highest BCUT2D eigenvalue weighted by atomic mass is 16.6. The Morgan fingerprint density at radius 1 is 1.31 bits per heavy atom. The molecule has 0 unspecified atom stereocenters. The van der Waals surface area contributed by atoms with E-state index in [-0.39, 0.29) is 23.8 Å². The van der Waals surface area contributed by atoms with Crippen LogP contribution in [-0.2, 0) is 4.79 Å². The van der Waals surface area contributed by atoms with Gasteiger partial charge in [0.25, 0.3) is 11.6 Å². The van der Waals surface area contributed by atoms with Gasteiger partial charge in [-0.3, -0.25) is 19.7 Å². The Morgan fingerprint density at radius 2 is 2.00 bits per heavy atom. The van der Waals surface area contributed by atoms with Gasteiger partial charge in [0.05, 0.1) is 22.8 Å². The van der Waals surface area contributed by atoms with Gasteiger partial charge in [0, 0.05) is 17.7 Å². The van der Waals surface area contributed by atoms with Crippen LogP contribution in [0.5, 0.6) is 0 Å². The van der Waals surface area contributed by atoms with E-state index in [2.05, 4.69) is 20.9 Å². The van der Waals surface area contributed by atoms with Crippen molar-refractivity contribution in [1.82, 2.24) is 25.6 Å². The fourth-order valence-corrected chi connectivity index (χ4v) is 2.23. The van der Waals surface area contributed by atoms with Crippen molar-refractivity contribution in [2.24, 2.45) is 0 Å². The van der Waals surface area contributed by atoms with Crippen LogP contribution in [0.3, 0.4) is 0 Å². The molecule has 138 valence electrons. The molecule has 0 aliphatic carbocycles. The largest absolute Gasteiger partial charge is 0.350 e. The highest BCUT2D eigenvalue weighted by molar-refractivity contribution is 5.95. The van der Waals surface area contributed by atoms with Crippen LogP contribution in [-0.4, -0.2) is 43.8 Å². The predicted molar refractivity (Wildman–Crippen MR) is 93.0 cm³/mol. The molecule has 0 spiro atoms. The molecule has 2 rings (SSSR count). The second-order valence-electron chi connectivity index (χ2n) is 6.69. The number of carbonyl (C=O) groups excluding carboxylic acids is 2. The first-order chi connectivity index (χ1) is 12.1. The van der Waals surface area contributed by atoms with E-state index in [1.165, 1.54) is 22.9 Å². The number of benzene rings is 1. The van der Waals surface area contributed by atoms with Gasteiger partial charge in [0.1, 0.15) is 0 Å². The van der Waals surface area contributed by atoms with Gasteiger partial charge in [-0.15, -0.1) is 5.10 Å². The summed E-state index contributed by atoms with van der Waals surface area (Å²) >= 11 is 0. The van der Waals surface area contributed by atoms with Crippen molar-refractivity contribution in [1.29, 1.82) is 0 Å². The molecule has 0 saturated heterocycles. The molecule has 0 aliphatic heterocycles. The quantitative estimate of drug-likeness (QED) is 0.607. The van der Waals surface area contributed by atoms with Gasteiger partial charge in [-0.1, -0.05) is 11.3 Å². The van der Waals surface area contributed by atoms with E-state index < -0.39 is 16.4 Å². The first-order valence-electron chi connectivity index (χ1n) is 7.85. The van der Waals surface area contributed by atoms with Crippen LogP contribution in [0.1, 0.15) is 37.0 Å². The van der Waals surface area contributed by atoms with E-state index >= 15 is 0 Å². The molecule has 2 aromatic rings. The third-order valence-corrected chi connectivity index (χ3v) is 3.32. The lowest BCUT2D eigenvalue weighted by molar-refractivity contribution is -0.384. The molecule has 1 heterocycles. The molecular formula is C16H20N6O4. The molecule has 10 nitrogen and oxygen atoms in total. The molecule has 0 aliphatic rings. The second-order valence-corrected chi connectivity index (χ2v) is 6.69. The lowest BCUT2D eigenvalue weighted by Gasteiger charge is -2.20. The molecule has 2 amide bonds. The average Bonchev–Trinajstić information content (AvgIpc) is 2.93.